The van der Waals surface area contributed by atoms with E-state index in [1.54, 1.807) is 16.2 Å². The molecule has 7 aromatic rings. The van der Waals surface area contributed by atoms with Gasteiger partial charge in [-0.3, -0.25) is 4.79 Å². The Morgan fingerprint density at radius 3 is 1.06 bits per heavy atom. The van der Waals surface area contributed by atoms with Gasteiger partial charge < -0.3 is 35.2 Å². The Kier molecular flexibility index (Phi) is 36.7. The SMILES string of the molecule is C.CC(C)(C)OC(=O)N1CCC(C(N)=S)CC1.CC(C)(C)OC(=O)N1CCC(c2nc(C3(c4ccc(Cl)cc4)CCCCC3)cs2)CC1.CN1CCC(c2nc(C3(c4ccc(Cl)cc4)CCCCC3)cs2)CC1.Clc1ccc(C2(c3csc(C4CCNCC4)n3)CCCCC2)cc1.O=C(CCl)C1(c2ccc(Cl)cc2)CCCCC1.[3HH].[U]. The molecule has 2 amide bonds. The number of carbonyl (C=O) groups is 3. The number of Topliss-reactive ketones (excluding diaryl/α,β-unsaturated/α-hetero) is 1. The van der Waals surface area contributed by atoms with Gasteiger partial charge >= 0.3 is 12.2 Å². The van der Waals surface area contributed by atoms with E-state index >= 15 is 0 Å². The molecule has 115 heavy (non-hydrogen) atoms. The number of ketones is 1. The molecule has 4 aliphatic carbocycles. The third-order valence-corrected chi connectivity index (χ3v) is 29.5. The molecule has 4 saturated carbocycles. The summed E-state index contributed by atoms with van der Waals surface area (Å²) in [6, 6.07) is 33.1. The number of thiocarbonyl (C=S) groups is 1. The van der Waals surface area contributed by atoms with Crippen molar-refractivity contribution in [3.05, 3.63) is 188 Å². The second kappa shape index (κ2) is 44.4. The second-order valence-electron chi connectivity index (χ2n) is 34.9. The maximum atomic E-state index is 12.4. The molecule has 4 aromatic carbocycles. The number of nitrogens with zero attached hydrogens (tertiary/aromatic N) is 6. The predicted octanol–water partition coefficient (Wildman–Crippen LogP) is 25.7. The van der Waals surface area contributed by atoms with Gasteiger partial charge in [0, 0.05) is 135 Å². The van der Waals surface area contributed by atoms with Crippen molar-refractivity contribution in [1.29, 1.82) is 0 Å². The zero-order chi connectivity index (χ0) is 80.4. The number of rotatable bonds is 13. The summed E-state index contributed by atoms with van der Waals surface area (Å²) >= 11 is 40.6. The number of thiazole rings is 3. The molecule has 23 heteroatoms. The van der Waals surface area contributed by atoms with Crippen molar-refractivity contribution in [3.8, 4) is 0 Å². The van der Waals surface area contributed by atoms with Crippen molar-refractivity contribution in [2.24, 2.45) is 11.7 Å². The molecule has 7 heterocycles. The Hall–Kier alpha value is -3.71. The van der Waals surface area contributed by atoms with Gasteiger partial charge in [0.05, 0.1) is 48.4 Å². The molecule has 4 aliphatic heterocycles. The number of nitrogens with one attached hydrogen (secondary N) is 1. The number of hydrogen-bond acceptors (Lipinski definition) is 14. The molecule has 628 valence electrons. The van der Waals surface area contributed by atoms with Crippen LogP contribution in [0.5, 0.6) is 0 Å². The Bertz CT molecular complexity index is 4140. The van der Waals surface area contributed by atoms with E-state index in [4.69, 9.17) is 100 Å². The minimum Gasteiger partial charge on any atom is -0.444 e. The fraction of sp³-hybridized carbons (Fsp3) is 0.598. The van der Waals surface area contributed by atoms with Crippen LogP contribution in [0.15, 0.2) is 113 Å². The normalized spacial score (nSPS) is 20.1. The Morgan fingerprint density at radius 2 is 0.757 bits per heavy atom. The average molecular weight is 1970 g/mol. The van der Waals surface area contributed by atoms with Crippen LogP contribution in [0.4, 0.5) is 9.59 Å². The number of piperidine rings is 4. The molecule has 13 nitrogen and oxygen atoms in total. The Morgan fingerprint density at radius 1 is 0.470 bits per heavy atom. The van der Waals surface area contributed by atoms with Gasteiger partial charge in [-0.2, -0.15) is 0 Å². The fourth-order valence-electron chi connectivity index (χ4n) is 18.3. The number of aromatic nitrogens is 3. The topological polar surface area (TPSA) is 156 Å². The number of carbonyl (C=O) groups excluding carboxylic acids is 3. The van der Waals surface area contributed by atoms with Crippen molar-refractivity contribution in [2.75, 3.05) is 65.3 Å². The van der Waals surface area contributed by atoms with Gasteiger partial charge in [-0.25, -0.2) is 24.5 Å². The monoisotopic (exact) mass is 1970 g/mol. The van der Waals surface area contributed by atoms with Gasteiger partial charge in [0.2, 0.25) is 0 Å². The summed E-state index contributed by atoms with van der Waals surface area (Å²) in [5.41, 5.74) is 13.6. The molecule has 0 bridgehead atoms. The summed E-state index contributed by atoms with van der Waals surface area (Å²) in [7, 11) is 2.22. The van der Waals surface area contributed by atoms with Crippen molar-refractivity contribution in [2.45, 2.75) is 279 Å². The largest absolute Gasteiger partial charge is 0.444 e. The van der Waals surface area contributed by atoms with E-state index in [1.165, 1.54) is 177 Å². The van der Waals surface area contributed by atoms with Gasteiger partial charge in [0.1, 0.15) is 11.2 Å². The summed E-state index contributed by atoms with van der Waals surface area (Å²) < 4.78 is 10.8. The molecule has 8 aliphatic rings. The second-order valence-corrected chi connectivity index (χ2v) is 40.0. The molecule has 8 fully saturated rings. The molecule has 4 saturated heterocycles. The van der Waals surface area contributed by atoms with Gasteiger partial charge in [0.15, 0.2) is 5.78 Å². The molecule has 15 rings (SSSR count). The molecule has 3 aromatic heterocycles. The third-order valence-electron chi connectivity index (χ3n) is 24.9. The number of nitrogens with two attached hydrogens (primary N) is 1. The maximum absolute atomic E-state index is 12.4. The Labute approximate surface area is 755 Å². The van der Waals surface area contributed by atoms with Crippen molar-refractivity contribution >= 4 is 127 Å². The van der Waals surface area contributed by atoms with Crippen LogP contribution in [0.2, 0.25) is 20.1 Å². The average Bonchev–Trinajstić information content (AvgIpc) is 1.52. The molecule has 0 unspecified atom stereocenters. The summed E-state index contributed by atoms with van der Waals surface area (Å²) in [5.74, 6) is 2.25. The standard InChI is InChI=1S/C25H33ClN2O2S.C21H27ClN2S.C20H25ClN2S.C14H16Cl2O.C11H20N2O2S.CH4.U.H2/c1-24(2,3)30-23(29)28-15-11-18(12-16-28)22-27-21(17-31-22)25(13-5-4-6-14-25)19-7-9-20(26)10-8-19;1-24-13-9-16(10-14-24)20-23-19(15-25-20)21(11-3-2-4-12-21)17-5-7-18(22)8-6-17;21-17-6-4-16(5-7-17)20(10-2-1-3-11-20)18-14-24-19(23-18)15-8-12-22-13-9-15;15-10-13(17)14(8-2-1-3-9-14)11-4-6-12(16)7-5-11;1-11(2,3)15-10(14)13-6-4-8(5-7-13)9(12)16;;;/h7-10,17-18H,4-6,11-16H2,1-3H3;5-8,15-16H,2-4,9-14H2,1H3;4-7,14-15,22H,1-3,8-13H2;4-7H,1-3,8-10H2;8H,4-7H2,1-3H3,(H2,12,16);1H4;;1H/i;;;;;;;1+2. The molecule has 0 radical (unpaired) electrons. The van der Waals surface area contributed by atoms with Crippen LogP contribution < -0.4 is 11.1 Å². The van der Waals surface area contributed by atoms with Crippen LogP contribution in [-0.4, -0.2) is 129 Å². The van der Waals surface area contributed by atoms with Crippen LogP contribution in [0.1, 0.15) is 302 Å². The minimum atomic E-state index is -0.450. The quantitative estimate of drug-likeness (QED) is 0.0833. The van der Waals surface area contributed by atoms with Gasteiger partial charge in [0.25, 0.3) is 0 Å². The van der Waals surface area contributed by atoms with Crippen LogP contribution in [0, 0.1) is 37.0 Å². The van der Waals surface area contributed by atoms with E-state index in [2.05, 4.69) is 69.8 Å². The van der Waals surface area contributed by atoms with E-state index in [-0.39, 0.29) is 91.4 Å². The first kappa shape index (κ1) is 95.1. The first-order valence-electron chi connectivity index (χ1n) is 41.9. The fourth-order valence-corrected chi connectivity index (χ4v) is 22.6. The number of alkyl halides is 1. The zero-order valence-corrected chi connectivity index (χ0v) is 79.5. The van der Waals surface area contributed by atoms with Crippen LogP contribution in [-0.2, 0) is 35.9 Å². The number of halogens is 5. The first-order chi connectivity index (χ1) is 54.2. The van der Waals surface area contributed by atoms with Crippen LogP contribution in [0.3, 0.4) is 0 Å². The smallest absolute Gasteiger partial charge is 0.410 e. The first-order valence-corrected chi connectivity index (χ1v) is 47.0. The molecule has 3 N–H and O–H groups in total. The van der Waals surface area contributed by atoms with E-state index in [1.807, 2.05) is 130 Å². The predicted molar refractivity (Wildman–Crippen MR) is 484 cm³/mol. The molecular formula is C92H127Cl5N8O5S4U. The number of benzene rings is 4. The number of hydrogen-bond donors (Lipinski definition) is 2. The minimum absolute atomic E-state index is 0. The molecule has 0 spiro atoms. The number of likely N-dealkylation sites (tertiary alicyclic amines) is 3. The summed E-state index contributed by atoms with van der Waals surface area (Å²) in [6.45, 7) is 18.8. The Balaban J connectivity index is 0.000000184. The number of amides is 2. The zero-order valence-electron chi connectivity index (χ0n) is 68.3. The summed E-state index contributed by atoms with van der Waals surface area (Å²) in [4.78, 5) is 58.5. The van der Waals surface area contributed by atoms with Crippen molar-refractivity contribution in [1.82, 2.24) is 35.0 Å². The molecule has 0 atom stereocenters. The van der Waals surface area contributed by atoms with Gasteiger partial charge in [-0.1, -0.05) is 192 Å². The van der Waals surface area contributed by atoms with E-state index in [0.29, 0.717) is 40.9 Å². The van der Waals surface area contributed by atoms with E-state index in [9.17, 15) is 14.4 Å². The summed E-state index contributed by atoms with van der Waals surface area (Å²) in [5, 5.41) is 17.5. The van der Waals surface area contributed by atoms with Crippen LogP contribution in [0.25, 0.3) is 0 Å². The summed E-state index contributed by atoms with van der Waals surface area (Å²) in [6.07, 6.45) is 32.1. The third kappa shape index (κ3) is 25.5. The van der Waals surface area contributed by atoms with Gasteiger partial charge in [-0.05, 0) is 248 Å². The van der Waals surface area contributed by atoms with Crippen LogP contribution >= 0.6 is 104 Å². The van der Waals surface area contributed by atoms with Gasteiger partial charge in [-0.15, -0.1) is 45.6 Å². The molecular weight excluding hydrogens is 1840 g/mol. The maximum Gasteiger partial charge on any atom is 0.410 e. The van der Waals surface area contributed by atoms with E-state index in [0.717, 1.165) is 111 Å². The number of ether oxygens (including phenoxy) is 2. The van der Waals surface area contributed by atoms with Crippen molar-refractivity contribution < 1.29 is 56.4 Å². The van der Waals surface area contributed by atoms with Crippen molar-refractivity contribution in [3.63, 3.8) is 0 Å². The van der Waals surface area contributed by atoms with E-state index < -0.39 is 11.2 Å².